The van der Waals surface area contributed by atoms with Crippen molar-refractivity contribution in [2.75, 3.05) is 56.0 Å². The number of hydrogen-bond donors (Lipinski definition) is 0. The van der Waals surface area contributed by atoms with Crippen LogP contribution in [0.1, 0.15) is 0 Å². The maximum absolute atomic E-state index is 2.54. The van der Waals surface area contributed by atoms with E-state index in [1.807, 2.05) is 12.1 Å². The molecule has 2 saturated heterocycles. The molecule has 0 atom stereocenters. The van der Waals surface area contributed by atoms with Crippen LogP contribution in [0, 0.1) is 0 Å². The maximum atomic E-state index is 2.54. The van der Waals surface area contributed by atoms with Gasteiger partial charge in [0.05, 0.1) is 20.0 Å². The molecule has 160 valence electrons. The summed E-state index contributed by atoms with van der Waals surface area (Å²) in [5.41, 5.74) is 2.54. The number of rotatable bonds is 4. The molecule has 4 rings (SSSR count). The Balaban J connectivity index is 1.36. The van der Waals surface area contributed by atoms with E-state index in [9.17, 15) is 0 Å². The van der Waals surface area contributed by atoms with Crippen LogP contribution in [-0.2, 0) is 0 Å². The molecular formula is C27H32N4. The summed E-state index contributed by atoms with van der Waals surface area (Å²) >= 11 is 0. The molecular weight excluding hydrogens is 380 g/mol. The standard InChI is InChI=1S/C27H32N4/c1-3-7-11-15-26(16-12-8-4-1)30-21-19-28(24-30)23-29-20-22-31(25-29)27-17-13-9-5-2-6-10-14-18-27/h1-18H,19-25H2. The second kappa shape index (κ2) is 11.3. The minimum Gasteiger partial charge on any atom is -0.357 e. The molecule has 0 saturated carbocycles. The van der Waals surface area contributed by atoms with Crippen molar-refractivity contribution in [2.45, 2.75) is 0 Å². The van der Waals surface area contributed by atoms with Crippen molar-refractivity contribution in [1.29, 1.82) is 0 Å². The second-order valence-electron chi connectivity index (χ2n) is 7.95. The van der Waals surface area contributed by atoms with E-state index < -0.39 is 0 Å². The fraction of sp³-hybridized carbons (Fsp3) is 0.259. The lowest BCUT2D eigenvalue weighted by Gasteiger charge is -2.25. The number of anilines is 2. The monoisotopic (exact) mass is 412 g/mol. The second-order valence-corrected chi connectivity index (χ2v) is 7.95. The molecule has 4 heteroatoms. The molecule has 2 aliphatic heterocycles. The third-order valence-electron chi connectivity index (χ3n) is 5.65. The van der Waals surface area contributed by atoms with E-state index in [2.05, 4.69) is 117 Å². The van der Waals surface area contributed by atoms with Gasteiger partial charge in [0.2, 0.25) is 0 Å². The first kappa shape index (κ1) is 21.2. The van der Waals surface area contributed by atoms with Gasteiger partial charge in [0.15, 0.2) is 0 Å². The van der Waals surface area contributed by atoms with Gasteiger partial charge in [0.1, 0.15) is 0 Å². The van der Waals surface area contributed by atoms with E-state index in [4.69, 9.17) is 0 Å². The van der Waals surface area contributed by atoms with E-state index in [0.29, 0.717) is 0 Å². The summed E-state index contributed by atoms with van der Waals surface area (Å²) in [5, 5.41) is 0. The van der Waals surface area contributed by atoms with Crippen molar-refractivity contribution in [2.24, 2.45) is 0 Å². The maximum Gasteiger partial charge on any atom is 0.0718 e. The summed E-state index contributed by atoms with van der Waals surface area (Å²) in [6, 6.07) is 38.0. The average molecular weight is 413 g/mol. The van der Waals surface area contributed by atoms with Crippen molar-refractivity contribution < 1.29 is 0 Å². The fourth-order valence-corrected chi connectivity index (χ4v) is 4.02. The summed E-state index contributed by atoms with van der Waals surface area (Å²) in [5.74, 6) is 0. The minimum atomic E-state index is 0.975. The molecule has 2 fully saturated rings. The predicted molar refractivity (Wildman–Crippen MR) is 131 cm³/mol. The molecule has 0 amide bonds. The molecule has 0 bridgehead atoms. The Bertz CT molecular complexity index is 818. The molecule has 2 aromatic carbocycles. The van der Waals surface area contributed by atoms with E-state index in [1.165, 1.54) is 11.4 Å². The van der Waals surface area contributed by atoms with E-state index >= 15 is 0 Å². The van der Waals surface area contributed by atoms with Crippen LogP contribution in [-0.4, -0.2) is 56.0 Å². The summed E-state index contributed by atoms with van der Waals surface area (Å²) in [4.78, 5) is 10.0. The molecule has 0 aliphatic carbocycles. The van der Waals surface area contributed by atoms with Crippen molar-refractivity contribution >= 4 is 11.4 Å². The van der Waals surface area contributed by atoms with E-state index in [1.54, 1.807) is 0 Å². The van der Waals surface area contributed by atoms with Crippen molar-refractivity contribution in [3.8, 4) is 0 Å². The Morgan fingerprint density at radius 1 is 0.419 bits per heavy atom. The van der Waals surface area contributed by atoms with Gasteiger partial charge in [-0.05, 0) is 24.3 Å². The first-order valence-electron chi connectivity index (χ1n) is 11.1. The van der Waals surface area contributed by atoms with E-state index in [-0.39, 0.29) is 0 Å². The van der Waals surface area contributed by atoms with Gasteiger partial charge >= 0.3 is 0 Å². The normalized spacial score (nSPS) is 16.6. The van der Waals surface area contributed by atoms with Crippen molar-refractivity contribution in [3.63, 3.8) is 0 Å². The van der Waals surface area contributed by atoms with Gasteiger partial charge in [0.25, 0.3) is 0 Å². The highest BCUT2D eigenvalue weighted by molar-refractivity contribution is 5.46. The summed E-state index contributed by atoms with van der Waals surface area (Å²) in [7, 11) is 0. The molecule has 2 heterocycles. The Morgan fingerprint density at radius 2 is 0.742 bits per heavy atom. The number of hydrogen-bond acceptors (Lipinski definition) is 4. The summed E-state index contributed by atoms with van der Waals surface area (Å²) in [6.07, 6.45) is 0. The Labute approximate surface area is 186 Å². The molecule has 0 unspecified atom stereocenters. The highest BCUT2D eigenvalue weighted by Gasteiger charge is 2.25. The fourth-order valence-electron chi connectivity index (χ4n) is 4.02. The molecule has 0 radical (unpaired) electrons. The molecule has 2 aliphatic rings. The van der Waals surface area contributed by atoms with E-state index in [0.717, 1.165) is 46.2 Å². The Hall–Kier alpha value is -3.08. The molecule has 4 nitrogen and oxygen atoms in total. The van der Waals surface area contributed by atoms with Crippen LogP contribution in [0.25, 0.3) is 0 Å². The first-order chi connectivity index (χ1) is 15.4. The van der Waals surface area contributed by atoms with Gasteiger partial charge < -0.3 is 9.80 Å². The number of nitrogens with zero attached hydrogens (tertiary/aromatic N) is 4. The van der Waals surface area contributed by atoms with Gasteiger partial charge in [-0.1, -0.05) is 84.9 Å². The van der Waals surface area contributed by atoms with Gasteiger partial charge in [-0.15, -0.1) is 0 Å². The minimum absolute atomic E-state index is 0.975. The topological polar surface area (TPSA) is 13.0 Å². The quantitative estimate of drug-likeness (QED) is 0.718. The predicted octanol–water partition coefficient (Wildman–Crippen LogP) is 4.75. The van der Waals surface area contributed by atoms with Gasteiger partial charge in [0, 0.05) is 37.6 Å². The van der Waals surface area contributed by atoms with Gasteiger partial charge in [-0.25, -0.2) is 0 Å². The van der Waals surface area contributed by atoms with Crippen LogP contribution in [0.5, 0.6) is 0 Å². The third kappa shape index (κ3) is 6.45. The van der Waals surface area contributed by atoms with Crippen LogP contribution in [0.15, 0.2) is 109 Å². The zero-order chi connectivity index (χ0) is 21.1. The highest BCUT2D eigenvalue weighted by atomic mass is 15.5. The molecule has 0 spiro atoms. The van der Waals surface area contributed by atoms with Gasteiger partial charge in [-0.3, -0.25) is 9.80 Å². The molecule has 0 aromatic heterocycles. The van der Waals surface area contributed by atoms with Crippen molar-refractivity contribution in [1.82, 2.24) is 9.80 Å². The smallest absolute Gasteiger partial charge is 0.0718 e. The highest BCUT2D eigenvalue weighted by Crippen LogP contribution is 2.20. The third-order valence-corrected chi connectivity index (χ3v) is 5.65. The summed E-state index contributed by atoms with van der Waals surface area (Å²) < 4.78 is 0. The van der Waals surface area contributed by atoms with Gasteiger partial charge in [-0.2, -0.15) is 0 Å². The lowest BCUT2D eigenvalue weighted by molar-refractivity contribution is 0.184. The average Bonchev–Trinajstić information content (AvgIpc) is 3.46. The van der Waals surface area contributed by atoms with Crippen LogP contribution >= 0.6 is 0 Å². The zero-order valence-corrected chi connectivity index (χ0v) is 18.1. The lowest BCUT2D eigenvalue weighted by Crippen LogP contribution is -2.37. The molecule has 31 heavy (non-hydrogen) atoms. The Morgan fingerprint density at radius 3 is 1.10 bits per heavy atom. The van der Waals surface area contributed by atoms with Crippen LogP contribution < -0.4 is 9.80 Å². The van der Waals surface area contributed by atoms with Crippen molar-refractivity contribution in [3.05, 3.63) is 109 Å². The SMILES string of the molecule is c1ccccc(N2CCN(CN3CCN(c4ccccccccc4)C3)C2)cccc1. The van der Waals surface area contributed by atoms with Crippen LogP contribution in [0.2, 0.25) is 0 Å². The Kier molecular flexibility index (Phi) is 7.75. The largest absolute Gasteiger partial charge is 0.357 e. The zero-order valence-electron chi connectivity index (χ0n) is 18.1. The lowest BCUT2D eigenvalue weighted by atomic mass is 10.3. The van der Waals surface area contributed by atoms with Crippen LogP contribution in [0.3, 0.4) is 0 Å². The molecule has 0 N–H and O–H groups in total. The first-order valence-corrected chi connectivity index (χ1v) is 11.1. The summed E-state index contributed by atoms with van der Waals surface area (Å²) in [6.45, 7) is 7.30. The van der Waals surface area contributed by atoms with Crippen LogP contribution in [0.4, 0.5) is 11.4 Å². The molecule has 2 aromatic rings.